The van der Waals surface area contributed by atoms with Crippen molar-refractivity contribution >= 4 is 5.91 Å². The smallest absolute Gasteiger partial charge is 0.331 e. The molecular formula is C12H18N4O4. The molecule has 0 atom stereocenters. The summed E-state index contributed by atoms with van der Waals surface area (Å²) >= 11 is 0. The molecule has 1 aromatic heterocycles. The molecule has 2 N–H and O–H groups in total. The number of aromatic nitrogens is 2. The lowest BCUT2D eigenvalue weighted by Crippen LogP contribution is -2.46. The van der Waals surface area contributed by atoms with Crippen LogP contribution >= 0.6 is 0 Å². The van der Waals surface area contributed by atoms with E-state index in [1.807, 2.05) is 0 Å². The molecular weight excluding hydrogens is 264 g/mol. The number of morpholine rings is 1. The zero-order valence-corrected chi connectivity index (χ0v) is 11.2. The monoisotopic (exact) mass is 282 g/mol. The fraction of sp³-hybridized carbons (Fsp3) is 0.583. The Morgan fingerprint density at radius 3 is 2.65 bits per heavy atom. The molecule has 0 aliphatic carbocycles. The van der Waals surface area contributed by atoms with Gasteiger partial charge in [0, 0.05) is 38.4 Å². The van der Waals surface area contributed by atoms with Gasteiger partial charge in [0.15, 0.2) is 0 Å². The van der Waals surface area contributed by atoms with Crippen LogP contribution in [0.1, 0.15) is 0 Å². The van der Waals surface area contributed by atoms with Gasteiger partial charge in [0.1, 0.15) is 6.54 Å². The number of carbonyl (C=O) groups excluding carboxylic acids is 1. The van der Waals surface area contributed by atoms with Gasteiger partial charge >= 0.3 is 5.69 Å². The van der Waals surface area contributed by atoms with E-state index in [2.05, 4.69) is 0 Å². The highest BCUT2D eigenvalue weighted by molar-refractivity contribution is 5.76. The third kappa shape index (κ3) is 3.14. The molecule has 2 rings (SSSR count). The van der Waals surface area contributed by atoms with Crippen molar-refractivity contribution < 1.29 is 9.53 Å². The quantitative estimate of drug-likeness (QED) is 0.677. The predicted molar refractivity (Wildman–Crippen MR) is 71.4 cm³/mol. The maximum Gasteiger partial charge on any atom is 0.331 e. The molecule has 0 bridgehead atoms. The predicted octanol–water partition coefficient (Wildman–Crippen LogP) is -2.17. The Bertz CT molecular complexity index is 586. The number of hydrogen-bond donors (Lipinski definition) is 1. The minimum absolute atomic E-state index is 0.0797. The molecule has 1 amide bonds. The van der Waals surface area contributed by atoms with E-state index in [1.165, 1.54) is 16.8 Å². The molecule has 0 saturated carbocycles. The third-order valence-electron chi connectivity index (χ3n) is 3.16. The normalized spacial score (nSPS) is 15.3. The van der Waals surface area contributed by atoms with Crippen LogP contribution in [0.4, 0.5) is 0 Å². The van der Waals surface area contributed by atoms with Gasteiger partial charge in [-0.3, -0.25) is 18.7 Å². The van der Waals surface area contributed by atoms with Gasteiger partial charge in [-0.05, 0) is 0 Å². The standard InChI is InChI=1S/C12H18N4O4/c13-2-4-16-10(17)1-3-15(12(16)19)9-11(18)14-5-7-20-8-6-14/h1,3H,2,4-9,13H2. The Hall–Kier alpha value is -1.93. The summed E-state index contributed by atoms with van der Waals surface area (Å²) in [5.74, 6) is -0.159. The van der Waals surface area contributed by atoms with Gasteiger partial charge in [-0.25, -0.2) is 4.79 Å². The lowest BCUT2D eigenvalue weighted by atomic mass is 10.4. The van der Waals surface area contributed by atoms with Crippen LogP contribution in [0.3, 0.4) is 0 Å². The minimum atomic E-state index is -0.510. The van der Waals surface area contributed by atoms with Crippen molar-refractivity contribution in [3.63, 3.8) is 0 Å². The fourth-order valence-corrected chi connectivity index (χ4v) is 2.07. The maximum absolute atomic E-state index is 12.1. The number of nitrogens with zero attached hydrogens (tertiary/aromatic N) is 3. The van der Waals surface area contributed by atoms with E-state index in [4.69, 9.17) is 10.5 Å². The molecule has 110 valence electrons. The van der Waals surface area contributed by atoms with Crippen molar-refractivity contribution in [2.75, 3.05) is 32.8 Å². The first-order valence-electron chi connectivity index (χ1n) is 6.49. The second-order valence-electron chi connectivity index (χ2n) is 4.50. The van der Waals surface area contributed by atoms with Crippen molar-refractivity contribution in [3.05, 3.63) is 33.1 Å². The van der Waals surface area contributed by atoms with E-state index >= 15 is 0 Å². The van der Waals surface area contributed by atoms with Crippen LogP contribution < -0.4 is 17.0 Å². The van der Waals surface area contributed by atoms with Crippen molar-refractivity contribution in [2.24, 2.45) is 5.73 Å². The Morgan fingerprint density at radius 2 is 2.00 bits per heavy atom. The van der Waals surface area contributed by atoms with Crippen LogP contribution in [0.25, 0.3) is 0 Å². The number of nitrogens with two attached hydrogens (primary N) is 1. The summed E-state index contributed by atoms with van der Waals surface area (Å²) in [7, 11) is 0. The Labute approximate surface area is 115 Å². The van der Waals surface area contributed by atoms with Gasteiger partial charge in [0.25, 0.3) is 5.56 Å². The first-order valence-corrected chi connectivity index (χ1v) is 6.49. The molecule has 0 spiro atoms. The van der Waals surface area contributed by atoms with Crippen molar-refractivity contribution in [2.45, 2.75) is 13.1 Å². The second-order valence-corrected chi connectivity index (χ2v) is 4.50. The first-order chi connectivity index (χ1) is 9.63. The van der Waals surface area contributed by atoms with Crippen LogP contribution in [0.5, 0.6) is 0 Å². The van der Waals surface area contributed by atoms with E-state index in [-0.39, 0.29) is 25.5 Å². The summed E-state index contributed by atoms with van der Waals surface area (Å²) in [5, 5.41) is 0. The molecule has 1 aliphatic heterocycles. The van der Waals surface area contributed by atoms with Crippen LogP contribution in [-0.4, -0.2) is 52.8 Å². The van der Waals surface area contributed by atoms with Crippen molar-refractivity contribution in [1.82, 2.24) is 14.0 Å². The molecule has 1 aliphatic rings. The Morgan fingerprint density at radius 1 is 1.30 bits per heavy atom. The van der Waals surface area contributed by atoms with Gasteiger partial charge in [-0.2, -0.15) is 0 Å². The van der Waals surface area contributed by atoms with Gasteiger partial charge in [0.2, 0.25) is 5.91 Å². The largest absolute Gasteiger partial charge is 0.378 e. The van der Waals surface area contributed by atoms with Gasteiger partial charge in [0.05, 0.1) is 13.2 Å². The molecule has 2 heterocycles. The molecule has 20 heavy (non-hydrogen) atoms. The van der Waals surface area contributed by atoms with Gasteiger partial charge in [-0.1, -0.05) is 0 Å². The SMILES string of the molecule is NCCn1c(=O)ccn(CC(=O)N2CCOCC2)c1=O. The number of rotatable bonds is 4. The van der Waals surface area contributed by atoms with Gasteiger partial charge in [-0.15, -0.1) is 0 Å². The highest BCUT2D eigenvalue weighted by atomic mass is 16.5. The number of ether oxygens (including phenoxy) is 1. The molecule has 1 aromatic rings. The molecule has 0 radical (unpaired) electrons. The van der Waals surface area contributed by atoms with Crippen LogP contribution in [0.15, 0.2) is 21.9 Å². The fourth-order valence-electron chi connectivity index (χ4n) is 2.07. The minimum Gasteiger partial charge on any atom is -0.378 e. The number of carbonyl (C=O) groups is 1. The molecule has 8 nitrogen and oxygen atoms in total. The average molecular weight is 282 g/mol. The summed E-state index contributed by atoms with van der Waals surface area (Å²) in [6.45, 7) is 2.32. The van der Waals surface area contributed by atoms with Crippen molar-refractivity contribution in [3.8, 4) is 0 Å². The zero-order chi connectivity index (χ0) is 14.5. The van der Waals surface area contributed by atoms with Gasteiger partial charge < -0.3 is 15.4 Å². The van der Waals surface area contributed by atoms with E-state index in [9.17, 15) is 14.4 Å². The highest BCUT2D eigenvalue weighted by Crippen LogP contribution is 1.98. The summed E-state index contributed by atoms with van der Waals surface area (Å²) in [5.41, 5.74) is 4.45. The molecule has 8 heteroatoms. The summed E-state index contributed by atoms with van der Waals surface area (Å²) in [4.78, 5) is 37.3. The first kappa shape index (κ1) is 14.5. The summed E-state index contributed by atoms with van der Waals surface area (Å²) < 4.78 is 7.43. The topological polar surface area (TPSA) is 99.6 Å². The lowest BCUT2D eigenvalue weighted by Gasteiger charge is -2.27. The number of amides is 1. The van der Waals surface area contributed by atoms with Crippen LogP contribution in [0, 0.1) is 0 Å². The lowest BCUT2D eigenvalue weighted by molar-refractivity contribution is -0.136. The highest BCUT2D eigenvalue weighted by Gasteiger charge is 2.18. The zero-order valence-electron chi connectivity index (χ0n) is 11.2. The van der Waals surface area contributed by atoms with Crippen LogP contribution in [0.2, 0.25) is 0 Å². The molecule has 0 unspecified atom stereocenters. The second kappa shape index (κ2) is 6.49. The summed E-state index contributed by atoms with van der Waals surface area (Å²) in [6, 6.07) is 1.27. The Balaban J connectivity index is 2.17. The third-order valence-corrected chi connectivity index (χ3v) is 3.16. The van der Waals surface area contributed by atoms with E-state index < -0.39 is 11.2 Å². The molecule has 1 saturated heterocycles. The summed E-state index contributed by atoms with van der Waals surface area (Å²) in [6.07, 6.45) is 1.34. The van der Waals surface area contributed by atoms with Crippen molar-refractivity contribution in [1.29, 1.82) is 0 Å². The van der Waals surface area contributed by atoms with E-state index in [0.717, 1.165) is 4.57 Å². The number of hydrogen-bond acceptors (Lipinski definition) is 5. The average Bonchev–Trinajstić information content (AvgIpc) is 2.47. The van der Waals surface area contributed by atoms with Crippen LogP contribution in [-0.2, 0) is 22.6 Å². The molecule has 0 aromatic carbocycles. The molecule has 1 fully saturated rings. The van der Waals surface area contributed by atoms with E-state index in [1.54, 1.807) is 4.90 Å². The van der Waals surface area contributed by atoms with E-state index in [0.29, 0.717) is 26.3 Å². The maximum atomic E-state index is 12.1. The Kier molecular flexibility index (Phi) is 4.70.